The van der Waals surface area contributed by atoms with Crippen molar-refractivity contribution in [1.29, 1.82) is 0 Å². The smallest absolute Gasteiger partial charge is 0.127 e. The lowest BCUT2D eigenvalue weighted by Gasteiger charge is -2.17. The summed E-state index contributed by atoms with van der Waals surface area (Å²) >= 11 is 3.25. The summed E-state index contributed by atoms with van der Waals surface area (Å²) in [5, 5.41) is 0. The zero-order valence-corrected chi connectivity index (χ0v) is 12.2. The maximum absolute atomic E-state index is 13.8. The van der Waals surface area contributed by atoms with Crippen LogP contribution < -0.4 is 11.3 Å². The lowest BCUT2D eigenvalue weighted by Crippen LogP contribution is -2.29. The summed E-state index contributed by atoms with van der Waals surface area (Å²) in [6.45, 7) is 2.03. The molecule has 100 valence electrons. The van der Waals surface area contributed by atoms with Crippen LogP contribution in [0.1, 0.15) is 22.7 Å². The maximum Gasteiger partial charge on any atom is 0.127 e. The molecule has 2 aromatic rings. The Balaban J connectivity index is 2.24. The normalized spacial score (nSPS) is 12.4. The lowest BCUT2D eigenvalue weighted by molar-refractivity contribution is 0.528. The second-order valence-electron chi connectivity index (χ2n) is 4.57. The summed E-state index contributed by atoms with van der Waals surface area (Å²) < 4.78 is 14.6. The number of benzene rings is 2. The van der Waals surface area contributed by atoms with Gasteiger partial charge in [-0.2, -0.15) is 0 Å². The molecule has 0 aliphatic carbocycles. The van der Waals surface area contributed by atoms with Crippen LogP contribution in [0, 0.1) is 12.7 Å². The third kappa shape index (κ3) is 3.62. The van der Waals surface area contributed by atoms with Crippen LogP contribution in [0.5, 0.6) is 0 Å². The Bertz CT molecular complexity index is 572. The highest BCUT2D eigenvalue weighted by molar-refractivity contribution is 9.10. The highest BCUT2D eigenvalue weighted by Crippen LogP contribution is 2.22. The van der Waals surface area contributed by atoms with Crippen LogP contribution in [-0.2, 0) is 6.42 Å². The van der Waals surface area contributed by atoms with E-state index in [1.54, 1.807) is 6.07 Å². The van der Waals surface area contributed by atoms with Crippen molar-refractivity contribution in [2.75, 3.05) is 0 Å². The Kier molecular flexibility index (Phi) is 4.69. The molecular formula is C15H16BrFN2. The molecule has 3 N–H and O–H groups in total. The first-order valence-electron chi connectivity index (χ1n) is 6.07. The van der Waals surface area contributed by atoms with E-state index >= 15 is 0 Å². The van der Waals surface area contributed by atoms with E-state index in [2.05, 4.69) is 27.4 Å². The van der Waals surface area contributed by atoms with E-state index in [-0.39, 0.29) is 11.9 Å². The molecule has 0 saturated heterocycles. The van der Waals surface area contributed by atoms with Gasteiger partial charge in [-0.1, -0.05) is 51.8 Å². The number of aryl methyl sites for hydroxylation is 1. The zero-order chi connectivity index (χ0) is 13.8. The molecule has 0 spiro atoms. The van der Waals surface area contributed by atoms with Crippen molar-refractivity contribution < 1.29 is 4.39 Å². The van der Waals surface area contributed by atoms with E-state index in [0.29, 0.717) is 12.0 Å². The van der Waals surface area contributed by atoms with E-state index in [1.807, 2.05) is 31.2 Å². The first-order valence-corrected chi connectivity index (χ1v) is 6.86. The minimum Gasteiger partial charge on any atom is -0.271 e. The van der Waals surface area contributed by atoms with Crippen molar-refractivity contribution in [2.45, 2.75) is 19.4 Å². The van der Waals surface area contributed by atoms with Crippen molar-refractivity contribution >= 4 is 15.9 Å². The number of nitrogens with one attached hydrogen (secondary N) is 1. The topological polar surface area (TPSA) is 38.0 Å². The van der Waals surface area contributed by atoms with Gasteiger partial charge in [-0.25, -0.2) is 4.39 Å². The minimum absolute atomic E-state index is 0.101. The van der Waals surface area contributed by atoms with Gasteiger partial charge in [0.1, 0.15) is 5.82 Å². The molecule has 1 unspecified atom stereocenters. The third-order valence-corrected chi connectivity index (χ3v) is 3.58. The summed E-state index contributed by atoms with van der Waals surface area (Å²) in [4.78, 5) is 0. The molecule has 0 bridgehead atoms. The second kappa shape index (κ2) is 6.28. The molecule has 0 heterocycles. The van der Waals surface area contributed by atoms with Gasteiger partial charge in [0.25, 0.3) is 0 Å². The van der Waals surface area contributed by atoms with Gasteiger partial charge in [-0.15, -0.1) is 0 Å². The van der Waals surface area contributed by atoms with Crippen molar-refractivity contribution in [2.24, 2.45) is 5.84 Å². The fourth-order valence-electron chi connectivity index (χ4n) is 2.07. The van der Waals surface area contributed by atoms with E-state index in [0.717, 1.165) is 15.6 Å². The highest BCUT2D eigenvalue weighted by atomic mass is 79.9. The van der Waals surface area contributed by atoms with Crippen molar-refractivity contribution in [1.82, 2.24) is 5.43 Å². The highest BCUT2D eigenvalue weighted by Gasteiger charge is 2.13. The number of hydrogen-bond acceptors (Lipinski definition) is 2. The van der Waals surface area contributed by atoms with Gasteiger partial charge in [0.2, 0.25) is 0 Å². The largest absolute Gasteiger partial charge is 0.271 e. The molecule has 1 atom stereocenters. The Morgan fingerprint density at radius 2 is 2.05 bits per heavy atom. The third-order valence-electron chi connectivity index (χ3n) is 3.08. The SMILES string of the molecule is Cc1cccc(C(Cc2ccc(Br)cc2F)NN)c1. The monoisotopic (exact) mass is 322 g/mol. The van der Waals surface area contributed by atoms with Gasteiger partial charge < -0.3 is 0 Å². The predicted molar refractivity (Wildman–Crippen MR) is 79.0 cm³/mol. The number of hydrogen-bond donors (Lipinski definition) is 2. The summed E-state index contributed by atoms with van der Waals surface area (Å²) in [6.07, 6.45) is 0.513. The van der Waals surface area contributed by atoms with Crippen molar-refractivity contribution in [3.8, 4) is 0 Å². The molecule has 0 aliphatic rings. The van der Waals surface area contributed by atoms with Crippen LogP contribution in [0.25, 0.3) is 0 Å². The summed E-state index contributed by atoms with van der Waals surface area (Å²) in [5.74, 6) is 5.38. The van der Waals surface area contributed by atoms with Crippen LogP contribution in [0.4, 0.5) is 4.39 Å². The average Bonchev–Trinajstić information content (AvgIpc) is 2.38. The molecule has 19 heavy (non-hydrogen) atoms. The van der Waals surface area contributed by atoms with Gasteiger partial charge in [0.15, 0.2) is 0 Å². The summed E-state index contributed by atoms with van der Waals surface area (Å²) in [7, 11) is 0. The summed E-state index contributed by atoms with van der Waals surface area (Å²) in [6, 6.07) is 13.0. The van der Waals surface area contributed by atoms with Gasteiger partial charge in [-0.05, 0) is 36.6 Å². The molecule has 0 amide bonds. The van der Waals surface area contributed by atoms with Crippen LogP contribution in [0.15, 0.2) is 46.9 Å². The van der Waals surface area contributed by atoms with Gasteiger partial charge in [0.05, 0.1) is 6.04 Å². The molecule has 2 nitrogen and oxygen atoms in total. The van der Waals surface area contributed by atoms with E-state index in [9.17, 15) is 4.39 Å². The van der Waals surface area contributed by atoms with Crippen molar-refractivity contribution in [3.63, 3.8) is 0 Å². The summed E-state index contributed by atoms with van der Waals surface area (Å²) in [5.41, 5.74) is 5.62. The fraction of sp³-hybridized carbons (Fsp3) is 0.200. The number of nitrogens with two attached hydrogens (primary N) is 1. The number of hydrazine groups is 1. The Morgan fingerprint density at radius 1 is 1.26 bits per heavy atom. The van der Waals surface area contributed by atoms with Crippen LogP contribution in [0.3, 0.4) is 0 Å². The minimum atomic E-state index is -0.220. The molecule has 2 aromatic carbocycles. The van der Waals surface area contributed by atoms with Crippen LogP contribution >= 0.6 is 15.9 Å². The molecule has 0 radical (unpaired) electrons. The molecule has 0 saturated carbocycles. The second-order valence-corrected chi connectivity index (χ2v) is 5.49. The Morgan fingerprint density at radius 3 is 2.68 bits per heavy atom. The van der Waals surface area contributed by atoms with Gasteiger partial charge in [0, 0.05) is 4.47 Å². The molecule has 0 aliphatic heterocycles. The van der Waals surface area contributed by atoms with Crippen molar-refractivity contribution in [3.05, 3.63) is 69.4 Å². The van der Waals surface area contributed by atoms with Gasteiger partial charge >= 0.3 is 0 Å². The maximum atomic E-state index is 13.8. The lowest BCUT2D eigenvalue weighted by atomic mass is 9.98. The molecule has 0 aromatic heterocycles. The van der Waals surface area contributed by atoms with Crippen LogP contribution in [-0.4, -0.2) is 0 Å². The zero-order valence-electron chi connectivity index (χ0n) is 10.7. The fourth-order valence-corrected chi connectivity index (χ4v) is 2.40. The van der Waals surface area contributed by atoms with E-state index in [1.165, 1.54) is 6.07 Å². The molecule has 4 heteroatoms. The first kappa shape index (κ1) is 14.2. The van der Waals surface area contributed by atoms with E-state index in [4.69, 9.17) is 5.84 Å². The molecular weight excluding hydrogens is 307 g/mol. The van der Waals surface area contributed by atoms with Gasteiger partial charge in [-0.3, -0.25) is 11.3 Å². The molecule has 0 fully saturated rings. The van der Waals surface area contributed by atoms with Crippen LogP contribution in [0.2, 0.25) is 0 Å². The number of halogens is 2. The predicted octanol–water partition coefficient (Wildman–Crippen LogP) is 3.64. The molecule has 2 rings (SSSR count). The number of rotatable bonds is 4. The Labute approximate surface area is 120 Å². The first-order chi connectivity index (χ1) is 9.10. The average molecular weight is 323 g/mol. The van der Waals surface area contributed by atoms with E-state index < -0.39 is 0 Å². The quantitative estimate of drug-likeness (QED) is 0.666. The Hall–Kier alpha value is -1.23. The standard InChI is InChI=1S/C15H16BrFN2/c1-10-3-2-4-12(7-10)15(19-18)8-11-5-6-13(16)9-14(11)17/h2-7,9,15,19H,8,18H2,1H3.